The molecule has 0 saturated carbocycles. The van der Waals surface area contributed by atoms with Gasteiger partial charge in [0.15, 0.2) is 0 Å². The number of ether oxygens (including phenoxy) is 2. The molecule has 7 heteroatoms. The largest absolute Gasteiger partial charge is 0.489 e. The quantitative estimate of drug-likeness (QED) is 0.487. The summed E-state index contributed by atoms with van der Waals surface area (Å²) < 4.78 is 37.6. The third-order valence-corrected chi connectivity index (χ3v) is 6.03. The maximum absolute atomic E-state index is 12.2. The Hall–Kier alpha value is -3.16. The predicted molar refractivity (Wildman–Crippen MR) is 119 cm³/mol. The minimum absolute atomic E-state index is 0.0341. The fraction of sp³-hybridized carbons (Fsp3) is 0.208. The van der Waals surface area contributed by atoms with Crippen LogP contribution in [0.25, 0.3) is 0 Å². The van der Waals surface area contributed by atoms with Crippen LogP contribution in [0, 0.1) is 0 Å². The molecular formula is C24H25NO5S. The lowest BCUT2D eigenvalue weighted by Crippen LogP contribution is -2.27. The van der Waals surface area contributed by atoms with Crippen molar-refractivity contribution in [1.29, 1.82) is 0 Å². The van der Waals surface area contributed by atoms with Crippen molar-refractivity contribution in [3.8, 4) is 5.75 Å². The van der Waals surface area contributed by atoms with Crippen molar-refractivity contribution in [3.63, 3.8) is 0 Å². The third-order valence-electron chi connectivity index (χ3n) is 4.68. The van der Waals surface area contributed by atoms with Crippen molar-refractivity contribution in [3.05, 3.63) is 101 Å². The Kier molecular flexibility index (Phi) is 7.81. The highest BCUT2D eigenvalue weighted by Gasteiger charge is 2.12. The number of carbonyl (C=O) groups is 1. The number of sulfonamides is 1. The average molecular weight is 440 g/mol. The number of benzene rings is 3. The molecule has 0 radical (unpaired) electrons. The third kappa shape index (κ3) is 6.94. The molecule has 3 aromatic rings. The minimum atomic E-state index is -3.38. The van der Waals surface area contributed by atoms with Crippen LogP contribution in [0.15, 0.2) is 78.9 Å². The van der Waals surface area contributed by atoms with Gasteiger partial charge in [-0.1, -0.05) is 60.7 Å². The monoisotopic (exact) mass is 439 g/mol. The molecule has 0 unspecified atom stereocenters. The van der Waals surface area contributed by atoms with Crippen molar-refractivity contribution in [1.82, 2.24) is 4.72 Å². The van der Waals surface area contributed by atoms with E-state index in [9.17, 15) is 13.2 Å². The normalized spacial score (nSPS) is 11.1. The molecular weight excluding hydrogens is 414 g/mol. The molecule has 1 N–H and O–H groups in total. The summed E-state index contributed by atoms with van der Waals surface area (Å²) in [6, 6.07) is 23.7. The van der Waals surface area contributed by atoms with Gasteiger partial charge in [-0.25, -0.2) is 17.9 Å². The van der Waals surface area contributed by atoms with Crippen molar-refractivity contribution >= 4 is 16.0 Å². The zero-order valence-corrected chi connectivity index (χ0v) is 18.1. The molecule has 0 bridgehead atoms. The lowest BCUT2D eigenvalue weighted by Gasteiger charge is -2.11. The van der Waals surface area contributed by atoms with Gasteiger partial charge >= 0.3 is 5.97 Å². The summed E-state index contributed by atoms with van der Waals surface area (Å²) in [4.78, 5) is 11.8. The summed E-state index contributed by atoms with van der Waals surface area (Å²) in [7, 11) is -2.03. The fourth-order valence-corrected chi connectivity index (χ4v) is 4.21. The first-order chi connectivity index (χ1) is 15.0. The fourth-order valence-electron chi connectivity index (χ4n) is 3.06. The first-order valence-electron chi connectivity index (χ1n) is 9.86. The van der Waals surface area contributed by atoms with Gasteiger partial charge in [-0.05, 0) is 35.7 Å². The van der Waals surface area contributed by atoms with Crippen LogP contribution in [-0.4, -0.2) is 28.0 Å². The van der Waals surface area contributed by atoms with Gasteiger partial charge in [-0.2, -0.15) is 0 Å². The van der Waals surface area contributed by atoms with Gasteiger partial charge in [0, 0.05) is 12.1 Å². The average Bonchev–Trinajstić information content (AvgIpc) is 2.78. The molecule has 0 aliphatic carbocycles. The molecule has 0 fully saturated rings. The summed E-state index contributed by atoms with van der Waals surface area (Å²) >= 11 is 0. The Morgan fingerprint density at radius 3 is 2.26 bits per heavy atom. The summed E-state index contributed by atoms with van der Waals surface area (Å²) in [5.41, 5.74) is 2.96. The highest BCUT2D eigenvalue weighted by molar-refractivity contribution is 7.88. The second kappa shape index (κ2) is 10.7. The van der Waals surface area contributed by atoms with Crippen molar-refractivity contribution in [2.45, 2.75) is 18.8 Å². The maximum atomic E-state index is 12.2. The topological polar surface area (TPSA) is 81.7 Å². The van der Waals surface area contributed by atoms with Gasteiger partial charge in [0.1, 0.15) is 12.4 Å². The summed E-state index contributed by atoms with van der Waals surface area (Å²) in [6.45, 7) is 0.561. The standard InChI is InChI=1S/C24H25NO5S/c1-29-24(26)23-10-6-5-9-21(23)17-30-22-13-11-19(12-14-22)15-16-25-31(27,28)18-20-7-3-2-4-8-20/h2-14,25H,15-18H2,1H3. The van der Waals surface area contributed by atoms with Crippen LogP contribution in [0.2, 0.25) is 0 Å². The minimum Gasteiger partial charge on any atom is -0.489 e. The van der Waals surface area contributed by atoms with E-state index in [4.69, 9.17) is 9.47 Å². The molecule has 0 heterocycles. The first kappa shape index (κ1) is 22.5. The Morgan fingerprint density at radius 2 is 1.55 bits per heavy atom. The molecule has 6 nitrogen and oxygen atoms in total. The van der Waals surface area contributed by atoms with Crippen molar-refractivity contribution in [2.24, 2.45) is 0 Å². The molecule has 3 rings (SSSR count). The molecule has 31 heavy (non-hydrogen) atoms. The van der Waals surface area contributed by atoms with Crippen molar-refractivity contribution < 1.29 is 22.7 Å². The predicted octanol–water partition coefficient (Wildman–Crippen LogP) is 3.71. The lowest BCUT2D eigenvalue weighted by molar-refractivity contribution is 0.0597. The van der Waals surface area contributed by atoms with E-state index in [1.54, 1.807) is 24.3 Å². The van der Waals surface area contributed by atoms with E-state index < -0.39 is 16.0 Å². The Morgan fingerprint density at radius 1 is 0.871 bits per heavy atom. The van der Waals surface area contributed by atoms with Gasteiger partial charge in [0.05, 0.1) is 18.4 Å². The van der Waals surface area contributed by atoms with Crippen LogP contribution in [0.5, 0.6) is 5.75 Å². The van der Waals surface area contributed by atoms with E-state index in [0.29, 0.717) is 24.3 Å². The SMILES string of the molecule is COC(=O)c1ccccc1COc1ccc(CCNS(=O)(=O)Cc2ccccc2)cc1. The summed E-state index contributed by atoms with van der Waals surface area (Å²) in [5.74, 6) is 0.227. The van der Waals surface area contributed by atoms with Gasteiger partial charge < -0.3 is 9.47 Å². The van der Waals surface area contributed by atoms with E-state index in [2.05, 4.69) is 4.72 Å². The van der Waals surface area contributed by atoms with E-state index in [1.807, 2.05) is 54.6 Å². The van der Waals surface area contributed by atoms with E-state index in [-0.39, 0.29) is 12.4 Å². The highest BCUT2D eigenvalue weighted by atomic mass is 32.2. The van der Waals surface area contributed by atoms with Crippen LogP contribution in [-0.2, 0) is 33.5 Å². The Labute approximate surface area is 182 Å². The first-order valence-corrected chi connectivity index (χ1v) is 11.5. The van der Waals surface area contributed by atoms with Crippen molar-refractivity contribution in [2.75, 3.05) is 13.7 Å². The number of methoxy groups -OCH3 is 1. The van der Waals surface area contributed by atoms with Gasteiger partial charge in [-0.3, -0.25) is 0 Å². The molecule has 3 aromatic carbocycles. The summed E-state index contributed by atoms with van der Waals surface area (Å²) in [5, 5.41) is 0. The molecule has 0 aliphatic rings. The van der Waals surface area contributed by atoms with Crippen LogP contribution in [0.3, 0.4) is 0 Å². The number of hydrogen-bond acceptors (Lipinski definition) is 5. The molecule has 0 atom stereocenters. The molecule has 0 aromatic heterocycles. The lowest BCUT2D eigenvalue weighted by atomic mass is 10.1. The van der Waals surface area contributed by atoms with Gasteiger partial charge in [-0.15, -0.1) is 0 Å². The Bertz CT molecular complexity index is 1100. The summed E-state index contributed by atoms with van der Waals surface area (Å²) in [6.07, 6.45) is 0.569. The Balaban J connectivity index is 1.49. The highest BCUT2D eigenvalue weighted by Crippen LogP contribution is 2.17. The maximum Gasteiger partial charge on any atom is 0.338 e. The van der Waals surface area contributed by atoms with Gasteiger partial charge in [0.25, 0.3) is 0 Å². The number of esters is 1. The van der Waals surface area contributed by atoms with E-state index >= 15 is 0 Å². The molecule has 0 saturated heterocycles. The molecule has 0 spiro atoms. The number of hydrogen-bond donors (Lipinski definition) is 1. The smallest absolute Gasteiger partial charge is 0.338 e. The number of nitrogens with one attached hydrogen (secondary N) is 1. The molecule has 162 valence electrons. The van der Waals surface area contributed by atoms with E-state index in [0.717, 1.165) is 16.7 Å². The second-order valence-corrected chi connectivity index (χ2v) is 8.78. The van der Waals surface area contributed by atoms with Crippen LogP contribution in [0.1, 0.15) is 27.0 Å². The zero-order chi connectivity index (χ0) is 22.1. The van der Waals surface area contributed by atoms with Crippen LogP contribution >= 0.6 is 0 Å². The molecule has 0 amide bonds. The number of carbonyl (C=O) groups excluding carboxylic acids is 1. The zero-order valence-electron chi connectivity index (χ0n) is 17.3. The van der Waals surface area contributed by atoms with Crippen LogP contribution in [0.4, 0.5) is 0 Å². The van der Waals surface area contributed by atoms with E-state index in [1.165, 1.54) is 7.11 Å². The second-order valence-electron chi connectivity index (χ2n) is 6.97. The number of rotatable bonds is 10. The van der Waals surface area contributed by atoms with Gasteiger partial charge in [0.2, 0.25) is 10.0 Å². The van der Waals surface area contributed by atoms with Crippen LogP contribution < -0.4 is 9.46 Å². The molecule has 0 aliphatic heterocycles.